The standard InChI is InChI=1S/C24H32N2O8S/c1-24(2,3)34-23(31)21(30)26-20(29)19(25-18(28)13-33-16-8-5-4-6-9-16)22(26)35-14-15(27)12-17-10-7-11-32-17/h4-6,8-9,17,19,21-22,30H,7,10-14H2,1-3H3,(H,25,28)/t17?,19-,21?,22-/m1/s1. The molecule has 0 radical (unpaired) electrons. The number of aliphatic hydroxyl groups is 1. The number of esters is 1. The van der Waals surface area contributed by atoms with Crippen LogP contribution in [0.5, 0.6) is 5.75 Å². The second-order valence-corrected chi connectivity index (χ2v) is 10.5. The van der Waals surface area contributed by atoms with Crippen molar-refractivity contribution in [1.29, 1.82) is 0 Å². The Morgan fingerprint density at radius 2 is 1.97 bits per heavy atom. The molecule has 2 amide bonds. The van der Waals surface area contributed by atoms with Gasteiger partial charge in [0.1, 0.15) is 28.5 Å². The molecule has 10 nitrogen and oxygen atoms in total. The van der Waals surface area contributed by atoms with E-state index < -0.39 is 41.0 Å². The Morgan fingerprint density at radius 3 is 2.60 bits per heavy atom. The van der Waals surface area contributed by atoms with E-state index >= 15 is 0 Å². The predicted molar refractivity (Wildman–Crippen MR) is 127 cm³/mol. The van der Waals surface area contributed by atoms with E-state index in [0.29, 0.717) is 12.4 Å². The van der Waals surface area contributed by atoms with E-state index in [1.807, 2.05) is 6.07 Å². The first kappa shape index (κ1) is 27.0. The zero-order valence-electron chi connectivity index (χ0n) is 20.1. The third kappa shape index (κ3) is 7.68. The molecule has 11 heteroatoms. The van der Waals surface area contributed by atoms with Gasteiger partial charge >= 0.3 is 5.97 Å². The Morgan fingerprint density at radius 1 is 1.26 bits per heavy atom. The lowest BCUT2D eigenvalue weighted by Crippen LogP contribution is -2.73. The molecular formula is C24H32N2O8S. The number of aliphatic hydroxyl groups excluding tert-OH is 1. The summed E-state index contributed by atoms with van der Waals surface area (Å²) in [6, 6.07) is 7.70. The number of amides is 2. The van der Waals surface area contributed by atoms with Crippen LogP contribution in [0.4, 0.5) is 0 Å². The minimum Gasteiger partial charge on any atom is -0.484 e. The number of β-lactam (4-membered cyclic amide) rings is 1. The summed E-state index contributed by atoms with van der Waals surface area (Å²) in [5.41, 5.74) is -0.867. The Hall–Kier alpha value is -2.63. The zero-order chi connectivity index (χ0) is 25.6. The minimum absolute atomic E-state index is 0.0300. The molecule has 4 atom stereocenters. The lowest BCUT2D eigenvalue weighted by atomic mass is 10.1. The maximum absolute atomic E-state index is 12.8. The predicted octanol–water partition coefficient (Wildman–Crippen LogP) is 1.25. The fourth-order valence-corrected chi connectivity index (χ4v) is 4.93. The fourth-order valence-electron chi connectivity index (χ4n) is 3.70. The van der Waals surface area contributed by atoms with Crippen molar-refractivity contribution in [2.24, 2.45) is 0 Å². The molecule has 0 aromatic heterocycles. The van der Waals surface area contributed by atoms with Crippen molar-refractivity contribution in [1.82, 2.24) is 10.2 Å². The molecule has 2 fully saturated rings. The Bertz CT molecular complexity index is 914. The number of nitrogens with one attached hydrogen (secondary N) is 1. The molecule has 0 saturated carbocycles. The number of likely N-dealkylation sites (tertiary alicyclic amines) is 1. The molecule has 1 aromatic carbocycles. The van der Waals surface area contributed by atoms with Crippen molar-refractivity contribution in [2.45, 2.75) is 69.4 Å². The number of ketones is 1. The molecule has 0 aliphatic carbocycles. The highest BCUT2D eigenvalue weighted by molar-refractivity contribution is 8.00. The van der Waals surface area contributed by atoms with Crippen molar-refractivity contribution in [3.05, 3.63) is 30.3 Å². The molecule has 2 aliphatic heterocycles. The summed E-state index contributed by atoms with van der Waals surface area (Å²) >= 11 is 1.07. The molecule has 1 aromatic rings. The second kappa shape index (κ2) is 11.9. The topological polar surface area (TPSA) is 131 Å². The van der Waals surface area contributed by atoms with Gasteiger partial charge in [-0.25, -0.2) is 4.79 Å². The molecule has 0 bridgehead atoms. The van der Waals surface area contributed by atoms with Gasteiger partial charge < -0.3 is 24.6 Å². The van der Waals surface area contributed by atoms with Gasteiger partial charge in [0.05, 0.1) is 11.9 Å². The second-order valence-electron chi connectivity index (χ2n) is 9.38. The number of ether oxygens (including phenoxy) is 3. The molecule has 2 N–H and O–H groups in total. The Balaban J connectivity index is 1.61. The summed E-state index contributed by atoms with van der Waals surface area (Å²) in [5, 5.41) is 12.3. The SMILES string of the molecule is CC(C)(C)OC(=O)C(O)N1C(=O)[C@@H](NC(=O)COc2ccccc2)[C@H]1SCC(=O)CC1CCCO1. The average molecular weight is 509 g/mol. The molecular weight excluding hydrogens is 476 g/mol. The van der Waals surface area contributed by atoms with Gasteiger partial charge in [0.25, 0.3) is 11.8 Å². The number of hydrogen-bond acceptors (Lipinski definition) is 9. The van der Waals surface area contributed by atoms with Gasteiger partial charge in [0, 0.05) is 13.0 Å². The van der Waals surface area contributed by atoms with Gasteiger partial charge in [-0.3, -0.25) is 19.3 Å². The number of para-hydroxylation sites is 1. The van der Waals surface area contributed by atoms with Gasteiger partial charge in [-0.15, -0.1) is 11.8 Å². The van der Waals surface area contributed by atoms with Gasteiger partial charge in [-0.2, -0.15) is 0 Å². The monoisotopic (exact) mass is 508 g/mol. The molecule has 0 spiro atoms. The van der Waals surface area contributed by atoms with Crippen LogP contribution >= 0.6 is 11.8 Å². The van der Waals surface area contributed by atoms with E-state index in [-0.39, 0.29) is 30.7 Å². The van der Waals surface area contributed by atoms with Crippen LogP contribution in [-0.4, -0.2) is 81.9 Å². The number of nitrogens with zero attached hydrogens (tertiary/aromatic N) is 1. The van der Waals surface area contributed by atoms with Crippen molar-refractivity contribution in [2.75, 3.05) is 19.0 Å². The lowest BCUT2D eigenvalue weighted by molar-refractivity contribution is -0.189. The third-order valence-electron chi connectivity index (χ3n) is 5.28. The van der Waals surface area contributed by atoms with E-state index in [9.17, 15) is 24.3 Å². The van der Waals surface area contributed by atoms with Crippen LogP contribution in [0.25, 0.3) is 0 Å². The Labute approximate surface area is 208 Å². The lowest BCUT2D eigenvalue weighted by Gasteiger charge is -2.48. The number of benzene rings is 1. The number of carbonyl (C=O) groups excluding carboxylic acids is 4. The summed E-state index contributed by atoms with van der Waals surface area (Å²) in [4.78, 5) is 51.0. The first-order valence-corrected chi connectivity index (χ1v) is 12.6. The van der Waals surface area contributed by atoms with Crippen LogP contribution < -0.4 is 10.1 Å². The molecule has 2 saturated heterocycles. The van der Waals surface area contributed by atoms with Gasteiger partial charge in [0.2, 0.25) is 6.23 Å². The normalized spacial score (nSPS) is 22.8. The van der Waals surface area contributed by atoms with Crippen molar-refractivity contribution in [3.8, 4) is 5.75 Å². The first-order valence-electron chi connectivity index (χ1n) is 11.5. The minimum atomic E-state index is -1.86. The van der Waals surface area contributed by atoms with Crippen LogP contribution in [0.15, 0.2) is 30.3 Å². The highest BCUT2D eigenvalue weighted by atomic mass is 32.2. The van der Waals surface area contributed by atoms with Crippen LogP contribution in [-0.2, 0) is 28.7 Å². The number of Topliss-reactive ketones (excluding diaryl/α,β-unsaturated/α-hetero) is 1. The molecule has 192 valence electrons. The van der Waals surface area contributed by atoms with Gasteiger partial charge in [-0.05, 0) is 45.7 Å². The van der Waals surface area contributed by atoms with Crippen LogP contribution in [0, 0.1) is 0 Å². The maximum Gasteiger partial charge on any atom is 0.357 e. The van der Waals surface area contributed by atoms with E-state index in [2.05, 4.69) is 5.32 Å². The van der Waals surface area contributed by atoms with Crippen molar-refractivity contribution in [3.63, 3.8) is 0 Å². The van der Waals surface area contributed by atoms with Crippen LogP contribution in [0.2, 0.25) is 0 Å². The smallest absolute Gasteiger partial charge is 0.357 e. The van der Waals surface area contributed by atoms with Gasteiger partial charge in [0.15, 0.2) is 6.61 Å². The molecule has 3 rings (SSSR count). The highest BCUT2D eigenvalue weighted by Gasteiger charge is 2.53. The number of carbonyl (C=O) groups is 4. The summed E-state index contributed by atoms with van der Waals surface area (Å²) in [5.74, 6) is -1.74. The Kier molecular flexibility index (Phi) is 9.15. The van der Waals surface area contributed by atoms with Crippen molar-refractivity contribution >= 4 is 35.3 Å². The molecule has 2 heterocycles. The van der Waals surface area contributed by atoms with Crippen LogP contribution in [0.1, 0.15) is 40.0 Å². The third-order valence-corrected chi connectivity index (χ3v) is 6.61. The summed E-state index contributed by atoms with van der Waals surface area (Å²) in [7, 11) is 0. The van der Waals surface area contributed by atoms with E-state index in [1.165, 1.54) is 0 Å². The summed E-state index contributed by atoms with van der Waals surface area (Å²) in [6.07, 6.45) is 0.0185. The zero-order valence-corrected chi connectivity index (χ0v) is 20.9. The summed E-state index contributed by atoms with van der Waals surface area (Å²) < 4.78 is 16.1. The maximum atomic E-state index is 12.8. The summed E-state index contributed by atoms with van der Waals surface area (Å²) in [6.45, 7) is 5.24. The molecule has 2 unspecified atom stereocenters. The molecule has 35 heavy (non-hydrogen) atoms. The van der Waals surface area contributed by atoms with E-state index in [4.69, 9.17) is 14.2 Å². The fraction of sp³-hybridized carbons (Fsp3) is 0.583. The number of hydrogen-bond donors (Lipinski definition) is 2. The number of thioether (sulfide) groups is 1. The molecule has 2 aliphatic rings. The largest absolute Gasteiger partial charge is 0.484 e. The van der Waals surface area contributed by atoms with Gasteiger partial charge in [-0.1, -0.05) is 18.2 Å². The van der Waals surface area contributed by atoms with Crippen LogP contribution in [0.3, 0.4) is 0 Å². The van der Waals surface area contributed by atoms with Crippen molar-refractivity contribution < 1.29 is 38.5 Å². The average Bonchev–Trinajstić information content (AvgIpc) is 3.30. The van der Waals surface area contributed by atoms with E-state index in [0.717, 1.165) is 29.5 Å². The quantitative estimate of drug-likeness (QED) is 0.335. The van der Waals surface area contributed by atoms with E-state index in [1.54, 1.807) is 45.0 Å². The number of rotatable bonds is 11. The highest BCUT2D eigenvalue weighted by Crippen LogP contribution is 2.33. The first-order chi connectivity index (χ1) is 16.5.